The summed E-state index contributed by atoms with van der Waals surface area (Å²) >= 11 is 11.9. The zero-order valence-electron chi connectivity index (χ0n) is 13.5. The highest BCUT2D eigenvalue weighted by Gasteiger charge is 2.31. The van der Waals surface area contributed by atoms with Crippen molar-refractivity contribution in [1.29, 1.82) is 0 Å². The zero-order chi connectivity index (χ0) is 18.9. The molecule has 0 bridgehead atoms. The number of halogens is 3. The Morgan fingerprint density at radius 1 is 1.00 bits per heavy atom. The van der Waals surface area contributed by atoms with Crippen LogP contribution >= 0.6 is 23.2 Å². The van der Waals surface area contributed by atoms with Gasteiger partial charge in [0, 0.05) is 31.2 Å². The third kappa shape index (κ3) is 3.86. The van der Waals surface area contributed by atoms with Crippen molar-refractivity contribution in [2.24, 2.45) is 0 Å². The molecular weight excluding hydrogens is 402 g/mol. The molecule has 0 N–H and O–H groups in total. The molecule has 1 saturated heterocycles. The molecule has 2 aromatic rings. The topological polar surface area (TPSA) is 57.7 Å². The molecule has 9 heteroatoms. The normalized spacial score (nSPS) is 15.9. The fourth-order valence-electron chi connectivity index (χ4n) is 2.74. The summed E-state index contributed by atoms with van der Waals surface area (Å²) in [5.74, 6) is -0.897. The Balaban J connectivity index is 1.72. The summed E-state index contributed by atoms with van der Waals surface area (Å²) in [6.07, 6.45) is 0. The van der Waals surface area contributed by atoms with E-state index in [1.54, 1.807) is 12.1 Å². The van der Waals surface area contributed by atoms with Gasteiger partial charge < -0.3 is 4.90 Å². The van der Waals surface area contributed by atoms with Gasteiger partial charge in [-0.15, -0.1) is 0 Å². The van der Waals surface area contributed by atoms with Crippen molar-refractivity contribution >= 4 is 39.1 Å². The summed E-state index contributed by atoms with van der Waals surface area (Å²) in [5.41, 5.74) is 0.317. The first kappa shape index (κ1) is 19.1. The van der Waals surface area contributed by atoms with Gasteiger partial charge in [-0.3, -0.25) is 4.79 Å². The molecule has 1 aliphatic rings. The van der Waals surface area contributed by atoms with Crippen LogP contribution in [-0.4, -0.2) is 49.7 Å². The highest BCUT2D eigenvalue weighted by atomic mass is 35.5. The van der Waals surface area contributed by atoms with E-state index in [4.69, 9.17) is 23.2 Å². The van der Waals surface area contributed by atoms with Gasteiger partial charge in [0.25, 0.3) is 5.91 Å². The molecule has 26 heavy (non-hydrogen) atoms. The number of benzene rings is 2. The summed E-state index contributed by atoms with van der Waals surface area (Å²) in [5, 5.41) is 0.676. The number of hydrogen-bond acceptors (Lipinski definition) is 3. The van der Waals surface area contributed by atoms with Crippen molar-refractivity contribution < 1.29 is 17.6 Å². The molecule has 5 nitrogen and oxygen atoms in total. The number of rotatable bonds is 3. The second-order valence-corrected chi connectivity index (χ2v) is 8.56. The Hall–Kier alpha value is -1.67. The first-order valence-corrected chi connectivity index (χ1v) is 9.99. The summed E-state index contributed by atoms with van der Waals surface area (Å²) in [7, 11) is -3.80. The van der Waals surface area contributed by atoms with E-state index in [1.165, 1.54) is 33.5 Å². The fraction of sp³-hybridized carbons (Fsp3) is 0.235. The average Bonchev–Trinajstić information content (AvgIpc) is 2.61. The van der Waals surface area contributed by atoms with Gasteiger partial charge in [-0.1, -0.05) is 29.3 Å². The van der Waals surface area contributed by atoms with E-state index >= 15 is 0 Å². The Morgan fingerprint density at radius 3 is 2.31 bits per heavy atom. The minimum Gasteiger partial charge on any atom is -0.336 e. The van der Waals surface area contributed by atoms with E-state index in [0.29, 0.717) is 10.6 Å². The van der Waals surface area contributed by atoms with Crippen LogP contribution < -0.4 is 0 Å². The lowest BCUT2D eigenvalue weighted by Gasteiger charge is -2.34. The Kier molecular flexibility index (Phi) is 5.53. The van der Waals surface area contributed by atoms with Crippen LogP contribution in [0, 0.1) is 5.82 Å². The molecule has 0 spiro atoms. The number of carbonyl (C=O) groups excluding carboxylic acids is 1. The van der Waals surface area contributed by atoms with E-state index in [0.717, 1.165) is 6.07 Å². The molecule has 2 aromatic carbocycles. The van der Waals surface area contributed by atoms with E-state index in [1.807, 2.05) is 0 Å². The molecule has 0 unspecified atom stereocenters. The maximum Gasteiger partial charge on any atom is 0.255 e. The molecule has 138 valence electrons. The van der Waals surface area contributed by atoms with E-state index in [9.17, 15) is 17.6 Å². The van der Waals surface area contributed by atoms with E-state index < -0.39 is 15.8 Å². The van der Waals surface area contributed by atoms with Gasteiger partial charge in [-0.05, 0) is 36.4 Å². The predicted molar refractivity (Wildman–Crippen MR) is 97.5 cm³/mol. The summed E-state index contributed by atoms with van der Waals surface area (Å²) < 4.78 is 39.8. The van der Waals surface area contributed by atoms with Crippen molar-refractivity contribution in [2.45, 2.75) is 4.90 Å². The van der Waals surface area contributed by atoms with Crippen LogP contribution in [-0.2, 0) is 10.0 Å². The molecule has 0 aliphatic carbocycles. The molecule has 0 radical (unpaired) electrons. The third-order valence-electron chi connectivity index (χ3n) is 4.12. The third-order valence-corrected chi connectivity index (χ3v) is 6.56. The molecule has 3 rings (SSSR count). The molecule has 1 heterocycles. The van der Waals surface area contributed by atoms with Gasteiger partial charge in [-0.2, -0.15) is 4.31 Å². The molecule has 1 amide bonds. The van der Waals surface area contributed by atoms with Crippen molar-refractivity contribution in [3.8, 4) is 0 Å². The Morgan fingerprint density at radius 2 is 1.69 bits per heavy atom. The van der Waals surface area contributed by atoms with Crippen LogP contribution in [0.1, 0.15) is 10.4 Å². The highest BCUT2D eigenvalue weighted by molar-refractivity contribution is 7.89. The van der Waals surface area contributed by atoms with Crippen molar-refractivity contribution in [2.75, 3.05) is 26.2 Å². The van der Waals surface area contributed by atoms with Gasteiger partial charge in [0.2, 0.25) is 10.0 Å². The number of carbonyl (C=O) groups is 1. The minimum absolute atomic E-state index is 0.0991. The molecule has 0 atom stereocenters. The maximum atomic E-state index is 13.3. The Bertz CT molecular complexity index is 945. The van der Waals surface area contributed by atoms with Gasteiger partial charge in [-0.25, -0.2) is 12.8 Å². The second-order valence-electron chi connectivity index (χ2n) is 5.78. The second kappa shape index (κ2) is 7.52. The van der Waals surface area contributed by atoms with E-state index in [2.05, 4.69) is 0 Å². The molecule has 0 aromatic heterocycles. The predicted octanol–water partition coefficient (Wildman–Crippen LogP) is 3.28. The standard InChI is InChI=1S/C17H15Cl2FN2O3S/c18-12-4-5-15(16(19)10-12)17(23)21-6-8-22(9-7-21)26(24,25)14-3-1-2-13(20)11-14/h1-5,10-11H,6-9H2. The summed E-state index contributed by atoms with van der Waals surface area (Å²) in [6.45, 7) is 0.671. The van der Waals surface area contributed by atoms with Crippen LogP contribution in [0.5, 0.6) is 0 Å². The summed E-state index contributed by atoms with van der Waals surface area (Å²) in [6, 6.07) is 9.48. The van der Waals surface area contributed by atoms with Gasteiger partial charge in [0.05, 0.1) is 15.5 Å². The average molecular weight is 417 g/mol. The largest absolute Gasteiger partial charge is 0.336 e. The Labute approximate surface area is 161 Å². The number of hydrogen-bond donors (Lipinski definition) is 0. The quantitative estimate of drug-likeness (QED) is 0.771. The van der Waals surface area contributed by atoms with Crippen LogP contribution in [0.15, 0.2) is 47.4 Å². The lowest BCUT2D eigenvalue weighted by Crippen LogP contribution is -2.50. The smallest absolute Gasteiger partial charge is 0.255 e. The molecular formula is C17H15Cl2FN2O3S. The van der Waals surface area contributed by atoms with Crippen molar-refractivity contribution in [3.05, 3.63) is 63.9 Å². The lowest BCUT2D eigenvalue weighted by atomic mass is 10.2. The van der Waals surface area contributed by atoms with Gasteiger partial charge in [0.1, 0.15) is 5.82 Å². The van der Waals surface area contributed by atoms with Crippen LogP contribution in [0.2, 0.25) is 10.0 Å². The van der Waals surface area contributed by atoms with Gasteiger partial charge >= 0.3 is 0 Å². The number of nitrogens with zero attached hydrogens (tertiary/aromatic N) is 2. The van der Waals surface area contributed by atoms with Crippen LogP contribution in [0.25, 0.3) is 0 Å². The molecule has 1 fully saturated rings. The SMILES string of the molecule is O=C(c1ccc(Cl)cc1Cl)N1CCN(S(=O)(=O)c2cccc(F)c2)CC1. The van der Waals surface area contributed by atoms with Crippen LogP contribution in [0.4, 0.5) is 4.39 Å². The molecule has 1 aliphatic heterocycles. The maximum absolute atomic E-state index is 13.3. The van der Waals surface area contributed by atoms with Crippen molar-refractivity contribution in [1.82, 2.24) is 9.21 Å². The number of sulfonamides is 1. The zero-order valence-corrected chi connectivity index (χ0v) is 15.9. The lowest BCUT2D eigenvalue weighted by molar-refractivity contribution is 0.0698. The first-order valence-electron chi connectivity index (χ1n) is 7.79. The number of amides is 1. The van der Waals surface area contributed by atoms with Crippen molar-refractivity contribution in [3.63, 3.8) is 0 Å². The van der Waals surface area contributed by atoms with Crippen LogP contribution in [0.3, 0.4) is 0 Å². The number of piperazine rings is 1. The van der Waals surface area contributed by atoms with Gasteiger partial charge in [0.15, 0.2) is 0 Å². The first-order chi connectivity index (χ1) is 12.3. The molecule has 0 saturated carbocycles. The highest BCUT2D eigenvalue weighted by Crippen LogP contribution is 2.24. The fourth-order valence-corrected chi connectivity index (χ4v) is 4.68. The summed E-state index contributed by atoms with van der Waals surface area (Å²) in [4.78, 5) is 14.0. The monoisotopic (exact) mass is 416 g/mol. The minimum atomic E-state index is -3.80. The van der Waals surface area contributed by atoms with E-state index in [-0.39, 0.29) is 42.0 Å².